The summed E-state index contributed by atoms with van der Waals surface area (Å²) in [6.45, 7) is 2.22. The maximum Gasteiger partial charge on any atom is 0.110 e. The lowest BCUT2D eigenvalue weighted by Gasteiger charge is -2.42. The van der Waals surface area contributed by atoms with Crippen LogP contribution in [0.2, 0.25) is 0 Å². The molecule has 0 N–H and O–H groups in total. The zero-order valence-electron chi connectivity index (χ0n) is 9.15. The third-order valence-corrected chi connectivity index (χ3v) is 4.61. The van der Waals surface area contributed by atoms with Crippen molar-refractivity contribution in [1.82, 2.24) is 0 Å². The van der Waals surface area contributed by atoms with E-state index in [1.54, 1.807) is 0 Å². The second-order valence-corrected chi connectivity index (χ2v) is 5.50. The molecule has 4 rings (SSSR count). The molecule has 6 atom stereocenters. The number of hydrogen-bond donors (Lipinski definition) is 0. The first-order valence-corrected chi connectivity index (χ1v) is 6.29. The maximum absolute atomic E-state index is 6.31. The molecule has 3 aliphatic heterocycles. The van der Waals surface area contributed by atoms with Crippen molar-refractivity contribution in [3.8, 4) is 0 Å². The molecular weight excluding hydrogens is 192 g/mol. The second kappa shape index (κ2) is 2.76. The first kappa shape index (κ1) is 8.97. The number of ether oxygens (including phenoxy) is 3. The Hall–Kier alpha value is -0.120. The summed E-state index contributed by atoms with van der Waals surface area (Å²) in [6.07, 6.45) is 7.66. The van der Waals surface area contributed by atoms with Crippen LogP contribution in [0.5, 0.6) is 0 Å². The van der Waals surface area contributed by atoms with Crippen molar-refractivity contribution in [2.45, 2.75) is 75.1 Å². The van der Waals surface area contributed by atoms with Gasteiger partial charge in [0, 0.05) is 12.8 Å². The lowest BCUT2D eigenvalue weighted by Crippen LogP contribution is -2.50. The van der Waals surface area contributed by atoms with E-state index in [0.29, 0.717) is 30.5 Å². The molecule has 3 nitrogen and oxygen atoms in total. The van der Waals surface area contributed by atoms with Crippen molar-refractivity contribution in [2.24, 2.45) is 0 Å². The second-order valence-electron chi connectivity index (χ2n) is 5.50. The largest absolute Gasteiger partial charge is 0.369 e. The number of hydrogen-bond acceptors (Lipinski definition) is 3. The Kier molecular flexibility index (Phi) is 1.65. The molecule has 3 heteroatoms. The molecule has 1 unspecified atom stereocenters. The zero-order valence-corrected chi connectivity index (χ0v) is 9.15. The van der Waals surface area contributed by atoms with Crippen LogP contribution >= 0.6 is 0 Å². The molecule has 0 aromatic heterocycles. The van der Waals surface area contributed by atoms with Gasteiger partial charge in [-0.2, -0.15) is 0 Å². The molecule has 0 amide bonds. The van der Waals surface area contributed by atoms with E-state index in [-0.39, 0.29) is 5.60 Å². The van der Waals surface area contributed by atoms with Crippen LogP contribution in [0, 0.1) is 0 Å². The highest BCUT2D eigenvalue weighted by molar-refractivity contribution is 5.14. The van der Waals surface area contributed by atoms with Crippen LogP contribution in [0.4, 0.5) is 0 Å². The third-order valence-electron chi connectivity index (χ3n) is 4.61. The summed E-state index contributed by atoms with van der Waals surface area (Å²) < 4.78 is 18.0. The van der Waals surface area contributed by atoms with Gasteiger partial charge in [-0.25, -0.2) is 0 Å². The summed E-state index contributed by atoms with van der Waals surface area (Å²) in [7, 11) is 0. The van der Waals surface area contributed by atoms with Gasteiger partial charge in [0.15, 0.2) is 0 Å². The van der Waals surface area contributed by atoms with Gasteiger partial charge in [-0.15, -0.1) is 0 Å². The Labute approximate surface area is 90.1 Å². The monoisotopic (exact) mass is 210 g/mol. The highest BCUT2D eigenvalue weighted by Crippen LogP contribution is 2.55. The molecule has 2 bridgehead atoms. The fourth-order valence-electron chi connectivity index (χ4n) is 3.77. The van der Waals surface area contributed by atoms with Crippen LogP contribution in [0.25, 0.3) is 0 Å². The van der Waals surface area contributed by atoms with Gasteiger partial charge >= 0.3 is 0 Å². The molecule has 0 aromatic carbocycles. The van der Waals surface area contributed by atoms with Crippen LogP contribution in [-0.2, 0) is 14.2 Å². The Morgan fingerprint density at radius 2 is 1.93 bits per heavy atom. The molecule has 1 spiro atoms. The Morgan fingerprint density at radius 1 is 1.13 bits per heavy atom. The van der Waals surface area contributed by atoms with Gasteiger partial charge in [0.05, 0.1) is 30.0 Å². The SMILES string of the molecule is CC[C@H]1CC[C@@H]2O[C@@H]3C[C@]2(C[C@H]2OC23)O1. The minimum atomic E-state index is 0.0290. The highest BCUT2D eigenvalue weighted by atomic mass is 16.6. The van der Waals surface area contributed by atoms with E-state index in [1.165, 1.54) is 12.8 Å². The lowest BCUT2D eigenvalue weighted by atomic mass is 9.78. The van der Waals surface area contributed by atoms with Gasteiger partial charge in [0.1, 0.15) is 6.10 Å². The number of fused-ring (bicyclic) bond motifs is 3. The zero-order chi connectivity index (χ0) is 10.0. The summed E-state index contributed by atoms with van der Waals surface area (Å²) in [6, 6.07) is 0. The summed E-state index contributed by atoms with van der Waals surface area (Å²) in [5.74, 6) is 0. The van der Waals surface area contributed by atoms with Crippen molar-refractivity contribution in [3.63, 3.8) is 0 Å². The Morgan fingerprint density at radius 3 is 2.73 bits per heavy atom. The quantitative estimate of drug-likeness (QED) is 0.616. The van der Waals surface area contributed by atoms with Gasteiger partial charge in [0.2, 0.25) is 0 Å². The van der Waals surface area contributed by atoms with Gasteiger partial charge in [-0.3, -0.25) is 0 Å². The summed E-state index contributed by atoms with van der Waals surface area (Å²) in [4.78, 5) is 0. The van der Waals surface area contributed by atoms with E-state index in [4.69, 9.17) is 14.2 Å². The van der Waals surface area contributed by atoms with Crippen LogP contribution in [0.15, 0.2) is 0 Å². The van der Waals surface area contributed by atoms with Crippen LogP contribution in [-0.4, -0.2) is 36.1 Å². The van der Waals surface area contributed by atoms with E-state index < -0.39 is 0 Å². The van der Waals surface area contributed by atoms with Crippen LogP contribution in [0.1, 0.15) is 39.0 Å². The molecule has 4 aliphatic rings. The molecule has 3 heterocycles. The van der Waals surface area contributed by atoms with E-state index in [9.17, 15) is 0 Å². The van der Waals surface area contributed by atoms with Gasteiger partial charge in [0.25, 0.3) is 0 Å². The standard InChI is InChI=1S/C12H18O3/c1-2-7-3-4-10-12(15-7)5-8(13-10)11-9(6-12)14-11/h7-11H,2-6H2,1H3/t7-,8+,9+,10-,11?,12+/m0/s1. The molecule has 0 aromatic rings. The normalized spacial score (nSPS) is 61.0. The Bertz CT molecular complexity index is 289. The Balaban J connectivity index is 1.63. The molecule has 0 radical (unpaired) electrons. The highest BCUT2D eigenvalue weighted by Gasteiger charge is 2.66. The third kappa shape index (κ3) is 1.12. The van der Waals surface area contributed by atoms with Gasteiger partial charge in [-0.1, -0.05) is 6.92 Å². The fraction of sp³-hybridized carbons (Fsp3) is 1.00. The van der Waals surface area contributed by atoms with Crippen molar-refractivity contribution < 1.29 is 14.2 Å². The predicted octanol–water partition coefficient (Wildman–Crippen LogP) is 1.64. The topological polar surface area (TPSA) is 31.0 Å². The van der Waals surface area contributed by atoms with Crippen LogP contribution in [0.3, 0.4) is 0 Å². The molecule has 84 valence electrons. The minimum Gasteiger partial charge on any atom is -0.369 e. The number of rotatable bonds is 1. The van der Waals surface area contributed by atoms with Crippen LogP contribution < -0.4 is 0 Å². The van der Waals surface area contributed by atoms with Gasteiger partial charge < -0.3 is 14.2 Å². The van der Waals surface area contributed by atoms with Crippen molar-refractivity contribution in [2.75, 3.05) is 0 Å². The van der Waals surface area contributed by atoms with E-state index in [0.717, 1.165) is 19.3 Å². The lowest BCUT2D eigenvalue weighted by molar-refractivity contribution is -0.169. The molecule has 4 fully saturated rings. The smallest absolute Gasteiger partial charge is 0.110 e. The van der Waals surface area contributed by atoms with E-state index in [2.05, 4.69) is 6.92 Å². The molecular formula is C12H18O3. The molecule has 15 heavy (non-hydrogen) atoms. The first-order chi connectivity index (χ1) is 7.31. The molecule has 1 saturated carbocycles. The maximum atomic E-state index is 6.31. The average molecular weight is 210 g/mol. The van der Waals surface area contributed by atoms with E-state index in [1.807, 2.05) is 0 Å². The van der Waals surface area contributed by atoms with Crippen molar-refractivity contribution in [3.05, 3.63) is 0 Å². The summed E-state index contributed by atoms with van der Waals surface area (Å²) in [5.41, 5.74) is 0.0290. The van der Waals surface area contributed by atoms with E-state index >= 15 is 0 Å². The predicted molar refractivity (Wildman–Crippen MR) is 53.7 cm³/mol. The summed E-state index contributed by atoms with van der Waals surface area (Å²) >= 11 is 0. The molecule has 3 saturated heterocycles. The summed E-state index contributed by atoms with van der Waals surface area (Å²) in [5, 5.41) is 0. The average Bonchev–Trinajstić information content (AvgIpc) is 2.92. The fourth-order valence-corrected chi connectivity index (χ4v) is 3.77. The van der Waals surface area contributed by atoms with Crippen molar-refractivity contribution in [1.29, 1.82) is 0 Å². The minimum absolute atomic E-state index is 0.0290. The first-order valence-electron chi connectivity index (χ1n) is 6.29. The number of epoxide rings is 1. The molecule has 1 aliphatic carbocycles. The van der Waals surface area contributed by atoms with Crippen molar-refractivity contribution >= 4 is 0 Å². The van der Waals surface area contributed by atoms with Gasteiger partial charge in [-0.05, 0) is 19.3 Å².